The molecule has 0 fully saturated rings. The highest BCUT2D eigenvalue weighted by molar-refractivity contribution is 5.84. The second kappa shape index (κ2) is 10.3. The maximum atomic E-state index is 12.0. The number of esters is 1. The van der Waals surface area contributed by atoms with Gasteiger partial charge in [-0.2, -0.15) is 0 Å². The lowest BCUT2D eigenvalue weighted by Gasteiger charge is -2.26. The smallest absolute Gasteiger partial charge is 0.407 e. The lowest BCUT2D eigenvalue weighted by molar-refractivity contribution is -0.145. The van der Waals surface area contributed by atoms with Gasteiger partial charge in [0.1, 0.15) is 12.6 Å². The summed E-state index contributed by atoms with van der Waals surface area (Å²) in [6.45, 7) is 3.33. The molecule has 0 saturated heterocycles. The molecule has 132 valence electrons. The first-order chi connectivity index (χ1) is 11.5. The maximum absolute atomic E-state index is 12.0. The fourth-order valence-corrected chi connectivity index (χ4v) is 2.22. The zero-order valence-corrected chi connectivity index (χ0v) is 14.2. The third kappa shape index (κ3) is 6.68. The average molecular weight is 336 g/mol. The summed E-state index contributed by atoms with van der Waals surface area (Å²) >= 11 is 0. The lowest BCUT2D eigenvalue weighted by Crippen LogP contribution is -2.55. The Hall–Kier alpha value is -2.57. The number of carbonyl (C=O) groups is 3. The molecule has 1 aromatic rings. The second-order valence-electron chi connectivity index (χ2n) is 5.30. The summed E-state index contributed by atoms with van der Waals surface area (Å²) in [5.74, 6) is -1.00. The molecule has 0 radical (unpaired) electrons. The Morgan fingerprint density at radius 1 is 1.12 bits per heavy atom. The third-order valence-corrected chi connectivity index (χ3v) is 3.33. The van der Waals surface area contributed by atoms with E-state index in [1.807, 2.05) is 37.3 Å². The van der Waals surface area contributed by atoms with Gasteiger partial charge >= 0.3 is 12.1 Å². The highest BCUT2D eigenvalue weighted by Crippen LogP contribution is 2.07. The Balaban J connectivity index is 2.69. The molecule has 7 nitrogen and oxygen atoms in total. The quantitative estimate of drug-likeness (QED) is 0.706. The first-order valence-corrected chi connectivity index (χ1v) is 7.80. The number of methoxy groups -OCH3 is 1. The van der Waals surface area contributed by atoms with Gasteiger partial charge in [-0.25, -0.2) is 9.59 Å². The number of hydrogen-bond acceptors (Lipinski definition) is 5. The van der Waals surface area contributed by atoms with E-state index >= 15 is 0 Å². The van der Waals surface area contributed by atoms with Crippen LogP contribution in [0.2, 0.25) is 0 Å². The van der Waals surface area contributed by atoms with Crippen LogP contribution in [0.5, 0.6) is 0 Å². The van der Waals surface area contributed by atoms with E-state index in [0.29, 0.717) is 12.8 Å². The summed E-state index contributed by atoms with van der Waals surface area (Å²) in [5, 5.41) is 5.14. The van der Waals surface area contributed by atoms with Crippen LogP contribution in [0, 0.1) is 0 Å². The van der Waals surface area contributed by atoms with Crippen LogP contribution >= 0.6 is 0 Å². The number of hydrogen-bond donors (Lipinski definition) is 2. The van der Waals surface area contributed by atoms with Crippen LogP contribution in [-0.2, 0) is 25.7 Å². The summed E-state index contributed by atoms with van der Waals surface area (Å²) < 4.78 is 9.86. The number of amides is 2. The normalized spacial score (nSPS) is 12.6. The molecule has 2 atom stereocenters. The van der Waals surface area contributed by atoms with Gasteiger partial charge in [0.2, 0.25) is 5.91 Å². The van der Waals surface area contributed by atoms with Crippen LogP contribution in [0.25, 0.3) is 0 Å². The molecule has 7 heteroatoms. The number of benzene rings is 1. The number of alkyl carbamates (subject to hydrolysis) is 1. The Kier molecular flexibility index (Phi) is 8.32. The first-order valence-electron chi connectivity index (χ1n) is 7.80. The molecule has 0 spiro atoms. The molecular weight excluding hydrogens is 312 g/mol. The summed E-state index contributed by atoms with van der Waals surface area (Å²) in [6.07, 6.45) is 0.536. The van der Waals surface area contributed by atoms with Crippen molar-refractivity contribution in [2.24, 2.45) is 0 Å². The van der Waals surface area contributed by atoms with Crippen molar-refractivity contribution in [2.45, 2.75) is 45.4 Å². The fourth-order valence-electron chi connectivity index (χ4n) is 2.22. The van der Waals surface area contributed by atoms with E-state index in [1.54, 1.807) is 0 Å². The van der Waals surface area contributed by atoms with Crippen molar-refractivity contribution >= 4 is 18.0 Å². The maximum Gasteiger partial charge on any atom is 0.407 e. The molecule has 0 heterocycles. The van der Waals surface area contributed by atoms with Gasteiger partial charge in [0.05, 0.1) is 13.2 Å². The Bertz CT molecular complexity index is 547. The Labute approximate surface area is 141 Å². The molecule has 1 rings (SSSR count). The highest BCUT2D eigenvalue weighted by Gasteiger charge is 2.31. The molecule has 2 N–H and O–H groups in total. The molecule has 0 unspecified atom stereocenters. The predicted octanol–water partition coefficient (Wildman–Crippen LogP) is 1.76. The monoisotopic (exact) mass is 336 g/mol. The number of rotatable bonds is 8. The molecule has 0 bridgehead atoms. The van der Waals surface area contributed by atoms with Gasteiger partial charge < -0.3 is 20.1 Å². The van der Waals surface area contributed by atoms with Crippen molar-refractivity contribution < 1.29 is 23.9 Å². The highest BCUT2D eigenvalue weighted by atomic mass is 16.5. The van der Waals surface area contributed by atoms with Crippen molar-refractivity contribution in [2.75, 3.05) is 7.11 Å². The van der Waals surface area contributed by atoms with E-state index in [1.165, 1.54) is 14.0 Å². The van der Waals surface area contributed by atoms with E-state index in [-0.39, 0.29) is 12.5 Å². The summed E-state index contributed by atoms with van der Waals surface area (Å²) in [5.41, 5.74) is 0.853. The minimum Gasteiger partial charge on any atom is -0.467 e. The molecule has 0 aliphatic carbocycles. The van der Waals surface area contributed by atoms with Gasteiger partial charge in [0.15, 0.2) is 0 Å². The fraction of sp³-hybridized carbons (Fsp3) is 0.471. The Morgan fingerprint density at radius 3 is 2.33 bits per heavy atom. The second-order valence-corrected chi connectivity index (χ2v) is 5.30. The predicted molar refractivity (Wildman–Crippen MR) is 88.1 cm³/mol. The van der Waals surface area contributed by atoms with E-state index in [0.717, 1.165) is 5.56 Å². The third-order valence-electron chi connectivity index (χ3n) is 3.33. The van der Waals surface area contributed by atoms with E-state index in [2.05, 4.69) is 10.6 Å². The minimum absolute atomic E-state index is 0.120. The number of carbonyl (C=O) groups excluding carboxylic acids is 3. The van der Waals surface area contributed by atoms with Crippen molar-refractivity contribution in [3.63, 3.8) is 0 Å². The van der Waals surface area contributed by atoms with Crippen LogP contribution < -0.4 is 10.6 Å². The molecular formula is C17H24N2O5. The average Bonchev–Trinajstić information content (AvgIpc) is 2.57. The molecule has 0 aliphatic heterocycles. The zero-order valence-electron chi connectivity index (χ0n) is 14.2. The molecule has 24 heavy (non-hydrogen) atoms. The van der Waals surface area contributed by atoms with Crippen molar-refractivity contribution in [3.05, 3.63) is 35.9 Å². The van der Waals surface area contributed by atoms with Crippen LogP contribution in [0.4, 0.5) is 4.79 Å². The summed E-state index contributed by atoms with van der Waals surface area (Å²) in [7, 11) is 1.23. The van der Waals surface area contributed by atoms with E-state index in [9.17, 15) is 14.4 Å². The van der Waals surface area contributed by atoms with Crippen molar-refractivity contribution in [1.29, 1.82) is 0 Å². The Morgan fingerprint density at radius 2 is 1.79 bits per heavy atom. The van der Waals surface area contributed by atoms with E-state index < -0.39 is 24.1 Å². The topological polar surface area (TPSA) is 93.7 Å². The van der Waals surface area contributed by atoms with Gasteiger partial charge in [-0.1, -0.05) is 43.7 Å². The van der Waals surface area contributed by atoms with E-state index in [4.69, 9.17) is 9.47 Å². The van der Waals surface area contributed by atoms with Gasteiger partial charge in [-0.3, -0.25) is 4.79 Å². The molecule has 0 aliphatic rings. The standard InChI is InChI=1S/C17H24N2O5/c1-4-8-14(15(16(21)23-3)18-12(2)20)19-17(22)24-11-13-9-6-5-7-10-13/h5-7,9-10,14-15H,4,8,11H2,1-3H3,(H,18,20)(H,19,22)/t14-,15+/m1/s1. The number of nitrogens with one attached hydrogen (secondary N) is 2. The van der Waals surface area contributed by atoms with Crippen molar-refractivity contribution in [3.8, 4) is 0 Å². The summed E-state index contributed by atoms with van der Waals surface area (Å²) in [4.78, 5) is 35.2. The SMILES string of the molecule is CCC[C@@H](NC(=O)OCc1ccccc1)[C@H](NC(C)=O)C(=O)OC. The zero-order chi connectivity index (χ0) is 17.9. The number of ether oxygens (including phenoxy) is 2. The molecule has 2 amide bonds. The van der Waals surface area contributed by atoms with Gasteiger partial charge in [-0.15, -0.1) is 0 Å². The largest absolute Gasteiger partial charge is 0.467 e. The first kappa shape index (κ1) is 19.5. The van der Waals surface area contributed by atoms with Crippen molar-refractivity contribution in [1.82, 2.24) is 10.6 Å². The summed E-state index contributed by atoms with van der Waals surface area (Å²) in [6, 6.07) is 7.67. The van der Waals surface area contributed by atoms with Gasteiger partial charge in [0.25, 0.3) is 0 Å². The van der Waals surface area contributed by atoms with Crippen LogP contribution in [0.15, 0.2) is 30.3 Å². The molecule has 0 aromatic heterocycles. The molecule has 0 saturated carbocycles. The van der Waals surface area contributed by atoms with Gasteiger partial charge in [-0.05, 0) is 12.0 Å². The minimum atomic E-state index is -0.961. The van der Waals surface area contributed by atoms with Crippen LogP contribution in [0.1, 0.15) is 32.3 Å². The van der Waals surface area contributed by atoms with Crippen LogP contribution in [0.3, 0.4) is 0 Å². The van der Waals surface area contributed by atoms with Crippen LogP contribution in [-0.4, -0.2) is 37.2 Å². The lowest BCUT2D eigenvalue weighted by atomic mass is 10.0. The molecule has 1 aromatic carbocycles. The van der Waals surface area contributed by atoms with Gasteiger partial charge in [0, 0.05) is 6.92 Å².